The number of carboxylic acids is 2. The molecule has 4 heterocycles. The fourth-order valence-electron chi connectivity index (χ4n) is 4.04. The highest BCUT2D eigenvalue weighted by Gasteiger charge is 2.49. The predicted octanol–water partition coefficient (Wildman–Crippen LogP) is 1.95. The first-order valence-electron chi connectivity index (χ1n) is 11.6. The summed E-state index contributed by atoms with van der Waals surface area (Å²) in [7, 11) is 3.81. The number of carbonyl (C=O) groups is 4. The maximum atomic E-state index is 12.9. The van der Waals surface area contributed by atoms with E-state index in [1.54, 1.807) is 21.8 Å². The summed E-state index contributed by atoms with van der Waals surface area (Å²) in [6, 6.07) is 5.50. The molecule has 2 amide bonds. The second-order valence-corrected chi connectivity index (χ2v) is 9.18. The van der Waals surface area contributed by atoms with Crippen molar-refractivity contribution in [2.24, 2.45) is 7.05 Å². The van der Waals surface area contributed by atoms with Crippen molar-refractivity contribution < 1.29 is 55.7 Å². The van der Waals surface area contributed by atoms with Crippen molar-refractivity contribution in [1.29, 1.82) is 0 Å². The van der Waals surface area contributed by atoms with Gasteiger partial charge in [0.25, 0.3) is 5.91 Å². The van der Waals surface area contributed by atoms with Crippen LogP contribution in [0.25, 0.3) is 0 Å². The maximum absolute atomic E-state index is 12.9. The van der Waals surface area contributed by atoms with Gasteiger partial charge < -0.3 is 20.0 Å². The fraction of sp³-hybridized carbons (Fsp3) is 0.478. The Hall–Kier alpha value is -4.22. The van der Waals surface area contributed by atoms with E-state index in [2.05, 4.69) is 15.0 Å². The summed E-state index contributed by atoms with van der Waals surface area (Å²) in [5.74, 6) is -5.50. The molecule has 41 heavy (non-hydrogen) atoms. The predicted molar refractivity (Wildman–Crippen MR) is 128 cm³/mol. The molecule has 0 radical (unpaired) electrons. The van der Waals surface area contributed by atoms with Gasteiger partial charge >= 0.3 is 24.3 Å². The number of carbonyl (C=O) groups excluding carboxylic acids is 2. The smallest absolute Gasteiger partial charge is 0.475 e. The molecule has 0 aromatic carbocycles. The highest BCUT2D eigenvalue weighted by molar-refractivity contribution is 5.96. The number of aliphatic carboxylic acids is 2. The number of hydrogen-bond donors (Lipinski definition) is 2. The van der Waals surface area contributed by atoms with Gasteiger partial charge in [-0.25, -0.2) is 14.6 Å². The van der Waals surface area contributed by atoms with Crippen LogP contribution >= 0.6 is 0 Å². The monoisotopic (exact) mass is 596 g/mol. The van der Waals surface area contributed by atoms with Crippen LogP contribution in [0.4, 0.5) is 32.0 Å². The molecular weight excluding hydrogens is 570 g/mol. The van der Waals surface area contributed by atoms with E-state index in [9.17, 15) is 35.9 Å². The van der Waals surface area contributed by atoms with Crippen LogP contribution in [0, 0.1) is 6.92 Å². The van der Waals surface area contributed by atoms with E-state index >= 15 is 0 Å². The number of aryl methyl sites for hydroxylation is 2. The normalized spacial score (nSPS) is 19.3. The third kappa shape index (κ3) is 8.63. The molecule has 2 fully saturated rings. The summed E-state index contributed by atoms with van der Waals surface area (Å²) in [6.07, 6.45) is -5.78. The largest absolute Gasteiger partial charge is 0.490 e. The van der Waals surface area contributed by atoms with Gasteiger partial charge in [0, 0.05) is 38.6 Å². The van der Waals surface area contributed by atoms with E-state index in [0.717, 1.165) is 17.8 Å². The van der Waals surface area contributed by atoms with Gasteiger partial charge in [0.2, 0.25) is 5.91 Å². The van der Waals surface area contributed by atoms with E-state index in [-0.39, 0.29) is 17.4 Å². The third-order valence-corrected chi connectivity index (χ3v) is 6.15. The van der Waals surface area contributed by atoms with Crippen LogP contribution in [0.15, 0.2) is 30.6 Å². The SMILES string of the molecule is Cc1cccc(C(=O)N2CCC3(C2)CN(c2cnn(C)c2)C(=O)CN3C)n1.O=C(O)C(F)(F)F.O=C(O)C(F)(F)F. The molecule has 226 valence electrons. The van der Waals surface area contributed by atoms with Gasteiger partial charge in [-0.1, -0.05) is 6.07 Å². The lowest BCUT2D eigenvalue weighted by Gasteiger charge is -2.46. The molecule has 1 unspecified atom stereocenters. The minimum atomic E-state index is -5.08. The quantitative estimate of drug-likeness (QED) is 0.496. The van der Waals surface area contributed by atoms with Crippen LogP contribution in [0.3, 0.4) is 0 Å². The topological polar surface area (TPSA) is 149 Å². The van der Waals surface area contributed by atoms with Crippen molar-refractivity contribution in [2.75, 3.05) is 38.1 Å². The van der Waals surface area contributed by atoms with Crippen molar-refractivity contribution in [3.05, 3.63) is 42.0 Å². The second kappa shape index (κ2) is 12.5. The number of aromatic nitrogens is 3. The number of likely N-dealkylation sites (N-methyl/N-ethyl adjacent to an activating group) is 1. The summed E-state index contributed by atoms with van der Waals surface area (Å²) in [5, 5.41) is 18.4. The Bertz CT molecular complexity index is 1260. The van der Waals surface area contributed by atoms with Gasteiger partial charge in [0.15, 0.2) is 0 Å². The van der Waals surface area contributed by atoms with Gasteiger partial charge in [-0.05, 0) is 32.5 Å². The van der Waals surface area contributed by atoms with Crippen molar-refractivity contribution in [3.8, 4) is 0 Å². The van der Waals surface area contributed by atoms with Crippen molar-refractivity contribution in [2.45, 2.75) is 31.2 Å². The highest BCUT2D eigenvalue weighted by atomic mass is 19.4. The Labute approximate surface area is 228 Å². The number of nitrogens with zero attached hydrogens (tertiary/aromatic N) is 6. The average Bonchev–Trinajstić information content (AvgIpc) is 3.48. The molecule has 0 saturated carbocycles. The lowest BCUT2D eigenvalue weighted by atomic mass is 9.93. The molecule has 2 aliphatic heterocycles. The molecule has 0 aliphatic carbocycles. The van der Waals surface area contributed by atoms with Gasteiger partial charge in [0.05, 0.1) is 24.0 Å². The number of alkyl halides is 6. The van der Waals surface area contributed by atoms with Crippen molar-refractivity contribution >= 4 is 29.4 Å². The number of rotatable bonds is 2. The van der Waals surface area contributed by atoms with Crippen LogP contribution in [0.1, 0.15) is 22.6 Å². The summed E-state index contributed by atoms with van der Waals surface area (Å²) < 4.78 is 65.2. The Balaban J connectivity index is 0.000000349. The Morgan fingerprint density at radius 2 is 1.54 bits per heavy atom. The fourth-order valence-corrected chi connectivity index (χ4v) is 4.04. The number of hydrogen-bond acceptors (Lipinski definition) is 7. The Morgan fingerprint density at radius 3 is 2.00 bits per heavy atom. The van der Waals surface area contributed by atoms with E-state index in [1.165, 1.54) is 0 Å². The average molecular weight is 596 g/mol. The molecule has 1 atom stereocenters. The zero-order valence-corrected chi connectivity index (χ0v) is 21.9. The molecule has 2 aromatic rings. The second-order valence-electron chi connectivity index (χ2n) is 9.18. The number of carboxylic acid groups (broad SMARTS) is 2. The summed E-state index contributed by atoms with van der Waals surface area (Å²) in [4.78, 5) is 53.4. The third-order valence-electron chi connectivity index (χ3n) is 6.15. The van der Waals surface area contributed by atoms with Crippen LogP contribution in [0.5, 0.6) is 0 Å². The standard InChI is InChI=1S/C19H24N6O2.2C2HF3O2/c1-14-5-4-6-16(21-14)18(27)24-8-7-19(12-24)13-25(17(26)11-22(19)2)15-9-20-23(3)10-15;2*3-2(4,5)1(6)7/h4-6,9-10H,7-8,11-13H2,1-3H3;2*(H,6,7). The van der Waals surface area contributed by atoms with Crippen LogP contribution in [-0.2, 0) is 21.4 Å². The molecule has 2 aromatic heterocycles. The molecule has 18 heteroatoms. The molecule has 2 N–H and O–H groups in total. The summed E-state index contributed by atoms with van der Waals surface area (Å²) in [6.45, 7) is 4.02. The maximum Gasteiger partial charge on any atom is 0.490 e. The molecule has 1 spiro atoms. The lowest BCUT2D eigenvalue weighted by Crippen LogP contribution is -2.64. The Morgan fingerprint density at radius 1 is 0.976 bits per heavy atom. The van der Waals surface area contributed by atoms with Crippen LogP contribution in [0.2, 0.25) is 0 Å². The first kappa shape index (κ1) is 33.0. The number of likely N-dealkylation sites (tertiary alicyclic amines) is 1. The molecule has 2 saturated heterocycles. The van der Waals surface area contributed by atoms with E-state index in [1.807, 2.05) is 44.2 Å². The zero-order valence-electron chi connectivity index (χ0n) is 21.9. The first-order chi connectivity index (χ1) is 18.8. The van der Waals surface area contributed by atoms with E-state index in [0.29, 0.717) is 31.9 Å². The number of anilines is 1. The van der Waals surface area contributed by atoms with Crippen LogP contribution in [-0.4, -0.2) is 110 Å². The first-order valence-corrected chi connectivity index (χ1v) is 11.6. The van der Waals surface area contributed by atoms with Crippen molar-refractivity contribution in [1.82, 2.24) is 24.6 Å². The lowest BCUT2D eigenvalue weighted by molar-refractivity contribution is -0.193. The van der Waals surface area contributed by atoms with Gasteiger partial charge in [-0.3, -0.25) is 19.2 Å². The van der Waals surface area contributed by atoms with E-state index in [4.69, 9.17) is 19.8 Å². The summed E-state index contributed by atoms with van der Waals surface area (Å²) >= 11 is 0. The molecule has 12 nitrogen and oxygen atoms in total. The molecule has 2 aliphatic rings. The molecular formula is C23H26F6N6O6. The number of amides is 2. The Kier molecular flexibility index (Phi) is 10.1. The minimum absolute atomic E-state index is 0.0474. The molecule has 4 rings (SSSR count). The van der Waals surface area contributed by atoms with Gasteiger partial charge in [0.1, 0.15) is 5.69 Å². The zero-order chi connectivity index (χ0) is 31.3. The number of pyridine rings is 1. The summed E-state index contributed by atoms with van der Waals surface area (Å²) in [5.41, 5.74) is 1.87. The van der Waals surface area contributed by atoms with E-state index < -0.39 is 24.3 Å². The van der Waals surface area contributed by atoms with Crippen molar-refractivity contribution in [3.63, 3.8) is 0 Å². The number of piperazine rings is 1. The van der Waals surface area contributed by atoms with Gasteiger partial charge in [-0.15, -0.1) is 0 Å². The molecule has 0 bridgehead atoms. The minimum Gasteiger partial charge on any atom is -0.475 e. The number of halogens is 6. The van der Waals surface area contributed by atoms with Crippen LogP contribution < -0.4 is 4.90 Å². The highest BCUT2D eigenvalue weighted by Crippen LogP contribution is 2.33. The van der Waals surface area contributed by atoms with Gasteiger partial charge in [-0.2, -0.15) is 31.4 Å².